The van der Waals surface area contributed by atoms with Gasteiger partial charge in [-0.15, -0.1) is 0 Å². The predicted molar refractivity (Wildman–Crippen MR) is 109 cm³/mol. The van der Waals surface area contributed by atoms with Crippen molar-refractivity contribution in [2.45, 2.75) is 38.0 Å². The van der Waals surface area contributed by atoms with E-state index in [1.54, 1.807) is 0 Å². The number of aryl methyl sites for hydroxylation is 2. The molecule has 1 saturated heterocycles. The minimum Gasteiger partial charge on any atom is -0.484 e. The zero-order valence-corrected chi connectivity index (χ0v) is 16.0. The number of aromatic amines is 1. The average molecular weight is 375 g/mol. The number of likely N-dealkylation sites (tertiary alicyclic amines) is 1. The van der Waals surface area contributed by atoms with Crippen molar-refractivity contribution in [3.8, 4) is 5.75 Å². The summed E-state index contributed by atoms with van der Waals surface area (Å²) in [5.74, 6) is 2.10. The Bertz CT molecular complexity index is 977. The predicted octanol–water partition coefficient (Wildman–Crippen LogP) is 3.84. The van der Waals surface area contributed by atoms with Gasteiger partial charge in [-0.3, -0.25) is 4.79 Å². The van der Waals surface area contributed by atoms with E-state index in [9.17, 15) is 4.79 Å². The molecule has 2 heterocycles. The van der Waals surface area contributed by atoms with Crippen LogP contribution >= 0.6 is 0 Å². The van der Waals surface area contributed by atoms with Crippen LogP contribution in [0.3, 0.4) is 0 Å². The topological polar surface area (TPSA) is 58.2 Å². The summed E-state index contributed by atoms with van der Waals surface area (Å²) in [6.45, 7) is 1.60. The van der Waals surface area contributed by atoms with Gasteiger partial charge in [0.05, 0.1) is 11.0 Å². The molecular weight excluding hydrogens is 350 g/mol. The van der Waals surface area contributed by atoms with Crippen LogP contribution in [0.2, 0.25) is 0 Å². The van der Waals surface area contributed by atoms with Crippen molar-refractivity contribution in [2.24, 2.45) is 0 Å². The maximum atomic E-state index is 12.7. The third-order valence-corrected chi connectivity index (χ3v) is 6.00. The van der Waals surface area contributed by atoms with Gasteiger partial charge in [-0.05, 0) is 67.5 Å². The Labute approximate surface area is 164 Å². The second-order valence-corrected chi connectivity index (χ2v) is 7.89. The fourth-order valence-corrected chi connectivity index (χ4v) is 4.47. The summed E-state index contributed by atoms with van der Waals surface area (Å²) in [6, 6.07) is 14.3. The highest BCUT2D eigenvalue weighted by Gasteiger charge is 2.27. The maximum Gasteiger partial charge on any atom is 0.260 e. The van der Waals surface area contributed by atoms with E-state index < -0.39 is 0 Å². The second-order valence-electron chi connectivity index (χ2n) is 7.89. The zero-order valence-electron chi connectivity index (χ0n) is 16.0. The highest BCUT2D eigenvalue weighted by Crippen LogP contribution is 2.28. The molecule has 0 unspecified atom stereocenters. The smallest absolute Gasteiger partial charge is 0.260 e. The second kappa shape index (κ2) is 7.30. The fourth-order valence-electron chi connectivity index (χ4n) is 4.47. The van der Waals surface area contributed by atoms with Crippen LogP contribution in [0.1, 0.15) is 42.1 Å². The summed E-state index contributed by atoms with van der Waals surface area (Å²) in [5, 5.41) is 0. The van der Waals surface area contributed by atoms with Gasteiger partial charge in [-0.25, -0.2) is 4.98 Å². The van der Waals surface area contributed by atoms with Crippen LogP contribution in [0.5, 0.6) is 5.75 Å². The Hall–Kier alpha value is -2.82. The fraction of sp³-hybridized carbons (Fsp3) is 0.391. The molecular formula is C23H25N3O2. The summed E-state index contributed by atoms with van der Waals surface area (Å²) in [5.41, 5.74) is 4.83. The first-order valence-electron chi connectivity index (χ1n) is 10.2. The molecule has 1 N–H and O–H groups in total. The number of benzene rings is 2. The Kier molecular flexibility index (Phi) is 4.51. The van der Waals surface area contributed by atoms with E-state index in [1.165, 1.54) is 17.5 Å². The van der Waals surface area contributed by atoms with Crippen LogP contribution in [-0.4, -0.2) is 40.5 Å². The minimum absolute atomic E-state index is 0.0568. The summed E-state index contributed by atoms with van der Waals surface area (Å²) < 4.78 is 5.82. The number of fused-ring (bicyclic) bond motifs is 2. The van der Waals surface area contributed by atoms with Crippen LogP contribution < -0.4 is 4.74 Å². The zero-order chi connectivity index (χ0) is 18.9. The van der Waals surface area contributed by atoms with Crippen molar-refractivity contribution in [3.63, 3.8) is 0 Å². The molecule has 0 saturated carbocycles. The number of imidazole rings is 1. The number of carbonyl (C=O) groups excluding carboxylic acids is 1. The molecule has 2 aromatic carbocycles. The maximum absolute atomic E-state index is 12.7. The monoisotopic (exact) mass is 375 g/mol. The van der Waals surface area contributed by atoms with Gasteiger partial charge in [-0.1, -0.05) is 18.2 Å². The quantitative estimate of drug-likeness (QED) is 0.754. The summed E-state index contributed by atoms with van der Waals surface area (Å²) in [4.78, 5) is 22.8. The van der Waals surface area contributed by atoms with E-state index in [0.717, 1.165) is 54.8 Å². The van der Waals surface area contributed by atoms with Crippen molar-refractivity contribution in [3.05, 3.63) is 59.4 Å². The van der Waals surface area contributed by atoms with Gasteiger partial charge in [-0.2, -0.15) is 0 Å². The molecule has 1 aromatic heterocycles. The van der Waals surface area contributed by atoms with Crippen LogP contribution in [-0.2, 0) is 17.6 Å². The van der Waals surface area contributed by atoms with Crippen LogP contribution in [0.25, 0.3) is 11.0 Å². The molecule has 0 bridgehead atoms. The molecule has 0 spiro atoms. The highest BCUT2D eigenvalue weighted by atomic mass is 16.5. The molecule has 5 rings (SSSR count). The molecule has 28 heavy (non-hydrogen) atoms. The summed E-state index contributed by atoms with van der Waals surface area (Å²) >= 11 is 0. The van der Waals surface area contributed by atoms with Gasteiger partial charge in [0.15, 0.2) is 6.61 Å². The first-order valence-corrected chi connectivity index (χ1v) is 10.2. The number of rotatable bonds is 4. The van der Waals surface area contributed by atoms with E-state index >= 15 is 0 Å². The number of para-hydroxylation sites is 2. The largest absolute Gasteiger partial charge is 0.484 e. The van der Waals surface area contributed by atoms with Crippen molar-refractivity contribution >= 4 is 16.9 Å². The number of ether oxygens (including phenoxy) is 1. The first-order chi connectivity index (χ1) is 13.8. The normalized spacial score (nSPS) is 19.0. The average Bonchev–Trinajstić information content (AvgIpc) is 3.38. The third-order valence-electron chi connectivity index (χ3n) is 6.00. The van der Waals surface area contributed by atoms with E-state index in [4.69, 9.17) is 9.72 Å². The third kappa shape index (κ3) is 3.37. The highest BCUT2D eigenvalue weighted by molar-refractivity contribution is 5.78. The Morgan fingerprint density at radius 1 is 1.14 bits per heavy atom. The van der Waals surface area contributed by atoms with Gasteiger partial charge >= 0.3 is 0 Å². The lowest BCUT2D eigenvalue weighted by Crippen LogP contribution is -2.41. The van der Waals surface area contributed by atoms with Gasteiger partial charge < -0.3 is 14.6 Å². The molecule has 0 radical (unpaired) electrons. The van der Waals surface area contributed by atoms with Crippen molar-refractivity contribution in [2.75, 3.05) is 19.7 Å². The SMILES string of the molecule is O=C(COc1ccc2c(c1)CCC2)N1CCC[C@@H](c2nc3ccccc3[nH]2)C1. The summed E-state index contributed by atoms with van der Waals surface area (Å²) in [6.07, 6.45) is 5.54. The van der Waals surface area contributed by atoms with Gasteiger partial charge in [0.2, 0.25) is 0 Å². The van der Waals surface area contributed by atoms with Gasteiger partial charge in [0.25, 0.3) is 5.91 Å². The molecule has 5 heteroatoms. The van der Waals surface area contributed by atoms with Crippen molar-refractivity contribution < 1.29 is 9.53 Å². The first kappa shape index (κ1) is 17.3. The number of H-pyrrole nitrogens is 1. The van der Waals surface area contributed by atoms with E-state index in [0.29, 0.717) is 6.54 Å². The number of piperidine rings is 1. The van der Waals surface area contributed by atoms with E-state index in [2.05, 4.69) is 17.1 Å². The molecule has 1 amide bonds. The molecule has 144 valence electrons. The molecule has 1 aliphatic heterocycles. The number of hydrogen-bond acceptors (Lipinski definition) is 3. The Morgan fingerprint density at radius 3 is 2.96 bits per heavy atom. The lowest BCUT2D eigenvalue weighted by Gasteiger charge is -2.31. The van der Waals surface area contributed by atoms with E-state index in [1.807, 2.05) is 35.2 Å². The van der Waals surface area contributed by atoms with Crippen LogP contribution in [0.15, 0.2) is 42.5 Å². The Balaban J connectivity index is 1.22. The molecule has 1 atom stereocenters. The lowest BCUT2D eigenvalue weighted by atomic mass is 9.97. The molecule has 2 aliphatic rings. The molecule has 5 nitrogen and oxygen atoms in total. The van der Waals surface area contributed by atoms with Crippen molar-refractivity contribution in [1.29, 1.82) is 0 Å². The number of nitrogens with one attached hydrogen (secondary N) is 1. The van der Waals surface area contributed by atoms with E-state index in [-0.39, 0.29) is 18.4 Å². The lowest BCUT2D eigenvalue weighted by molar-refractivity contribution is -0.134. The molecule has 1 fully saturated rings. The van der Waals surface area contributed by atoms with Crippen LogP contribution in [0.4, 0.5) is 0 Å². The standard InChI is InChI=1S/C23H25N3O2/c27-22(15-28-19-11-10-16-5-3-6-17(16)13-19)26-12-4-7-18(14-26)23-24-20-8-1-2-9-21(20)25-23/h1-2,8-11,13,18H,3-7,12,14-15H2,(H,24,25)/t18-/m1/s1. The molecule has 1 aliphatic carbocycles. The molecule has 3 aromatic rings. The summed E-state index contributed by atoms with van der Waals surface area (Å²) in [7, 11) is 0. The van der Waals surface area contributed by atoms with Crippen LogP contribution in [0, 0.1) is 0 Å². The number of hydrogen-bond donors (Lipinski definition) is 1. The van der Waals surface area contributed by atoms with Crippen molar-refractivity contribution in [1.82, 2.24) is 14.9 Å². The Morgan fingerprint density at radius 2 is 2.04 bits per heavy atom. The number of aromatic nitrogens is 2. The number of carbonyl (C=O) groups is 1. The van der Waals surface area contributed by atoms with Gasteiger partial charge in [0, 0.05) is 19.0 Å². The minimum atomic E-state index is 0.0568. The van der Waals surface area contributed by atoms with Gasteiger partial charge in [0.1, 0.15) is 11.6 Å². The number of nitrogens with zero attached hydrogens (tertiary/aromatic N) is 2. The number of amides is 1.